The molecule has 0 aromatic heterocycles. The summed E-state index contributed by atoms with van der Waals surface area (Å²) in [5.41, 5.74) is -0.0464. The summed E-state index contributed by atoms with van der Waals surface area (Å²) in [6, 6.07) is 3.85. The van der Waals surface area contributed by atoms with E-state index in [4.69, 9.17) is 0 Å². The molecule has 0 heterocycles. The zero-order chi connectivity index (χ0) is 15.5. The Bertz CT molecular complexity index is 521. The van der Waals surface area contributed by atoms with Crippen molar-refractivity contribution in [3.05, 3.63) is 35.1 Å². The van der Waals surface area contributed by atoms with Crippen LogP contribution in [0.2, 0.25) is 0 Å². The van der Waals surface area contributed by atoms with Gasteiger partial charge < -0.3 is 10.6 Å². The van der Waals surface area contributed by atoms with Crippen LogP contribution in [0.3, 0.4) is 0 Å². The van der Waals surface area contributed by atoms with Gasteiger partial charge >= 0.3 is 0 Å². The number of benzene rings is 1. The molecule has 1 aromatic rings. The second kappa shape index (κ2) is 6.03. The predicted octanol–water partition coefficient (Wildman–Crippen LogP) is 2.17. The summed E-state index contributed by atoms with van der Waals surface area (Å²) in [5.74, 6) is -1.46. The summed E-state index contributed by atoms with van der Waals surface area (Å²) < 4.78 is 13.8. The van der Waals surface area contributed by atoms with Gasteiger partial charge in [-0.25, -0.2) is 4.39 Å². The Labute approximate surface area is 118 Å². The van der Waals surface area contributed by atoms with Crippen molar-refractivity contribution in [2.75, 3.05) is 0 Å². The average molecular weight is 280 g/mol. The van der Waals surface area contributed by atoms with E-state index in [1.807, 2.05) is 20.8 Å². The third-order valence-electron chi connectivity index (χ3n) is 2.68. The van der Waals surface area contributed by atoms with E-state index < -0.39 is 17.8 Å². The van der Waals surface area contributed by atoms with Crippen LogP contribution in [0.15, 0.2) is 18.2 Å². The van der Waals surface area contributed by atoms with E-state index in [1.54, 1.807) is 26.0 Å². The van der Waals surface area contributed by atoms with Gasteiger partial charge in [-0.15, -0.1) is 0 Å². The Morgan fingerprint density at radius 3 is 2.40 bits per heavy atom. The quantitative estimate of drug-likeness (QED) is 0.891. The maximum Gasteiger partial charge on any atom is 0.254 e. The molecule has 0 radical (unpaired) electrons. The van der Waals surface area contributed by atoms with Crippen molar-refractivity contribution in [3.8, 4) is 0 Å². The standard InChI is InChI=1S/C15H21FN2O2/c1-9-7-6-8-11(12(9)16)14(20)17-10(2)13(19)18-15(3,4)5/h6-8,10H,1-5H3,(H,17,20)(H,18,19). The zero-order valence-corrected chi connectivity index (χ0v) is 12.5. The summed E-state index contributed by atoms with van der Waals surface area (Å²) in [4.78, 5) is 23.8. The summed E-state index contributed by atoms with van der Waals surface area (Å²) in [5, 5.41) is 5.25. The number of nitrogens with one attached hydrogen (secondary N) is 2. The molecule has 0 bridgehead atoms. The van der Waals surface area contributed by atoms with E-state index >= 15 is 0 Å². The van der Waals surface area contributed by atoms with Crippen LogP contribution in [0.25, 0.3) is 0 Å². The third kappa shape index (κ3) is 4.33. The summed E-state index contributed by atoms with van der Waals surface area (Å²) >= 11 is 0. The van der Waals surface area contributed by atoms with Gasteiger partial charge in [-0.2, -0.15) is 0 Å². The van der Waals surface area contributed by atoms with Gasteiger partial charge in [0.1, 0.15) is 11.9 Å². The van der Waals surface area contributed by atoms with Crippen LogP contribution in [0, 0.1) is 12.7 Å². The Morgan fingerprint density at radius 2 is 1.85 bits per heavy atom. The molecular weight excluding hydrogens is 259 g/mol. The molecular formula is C15H21FN2O2. The Morgan fingerprint density at radius 1 is 1.25 bits per heavy atom. The molecule has 0 aliphatic heterocycles. The molecule has 4 nitrogen and oxygen atoms in total. The van der Waals surface area contributed by atoms with Crippen molar-refractivity contribution in [2.24, 2.45) is 0 Å². The van der Waals surface area contributed by atoms with Crippen molar-refractivity contribution >= 4 is 11.8 Å². The highest BCUT2D eigenvalue weighted by molar-refractivity contribution is 5.97. The predicted molar refractivity (Wildman–Crippen MR) is 76.0 cm³/mol. The molecule has 1 atom stereocenters. The van der Waals surface area contributed by atoms with Crippen LogP contribution in [-0.2, 0) is 4.79 Å². The van der Waals surface area contributed by atoms with Gasteiger partial charge in [0.2, 0.25) is 5.91 Å². The Kier molecular flexibility index (Phi) is 4.87. The normalized spacial score (nSPS) is 12.7. The smallest absolute Gasteiger partial charge is 0.254 e. The number of hydrogen-bond donors (Lipinski definition) is 2. The lowest BCUT2D eigenvalue weighted by atomic mass is 10.1. The lowest BCUT2D eigenvalue weighted by Gasteiger charge is -2.23. The second-order valence-electron chi connectivity index (χ2n) is 5.87. The van der Waals surface area contributed by atoms with Crippen molar-refractivity contribution in [3.63, 3.8) is 0 Å². The fraction of sp³-hybridized carbons (Fsp3) is 0.467. The minimum atomic E-state index is -0.735. The van der Waals surface area contributed by atoms with Gasteiger partial charge in [-0.3, -0.25) is 9.59 Å². The molecule has 2 amide bonds. The van der Waals surface area contributed by atoms with Crippen molar-refractivity contribution in [1.82, 2.24) is 10.6 Å². The van der Waals surface area contributed by atoms with Crippen LogP contribution in [-0.4, -0.2) is 23.4 Å². The first-order chi connectivity index (χ1) is 9.11. The van der Waals surface area contributed by atoms with E-state index in [1.165, 1.54) is 6.07 Å². The average Bonchev–Trinajstić information content (AvgIpc) is 2.30. The number of rotatable bonds is 3. The first-order valence-corrected chi connectivity index (χ1v) is 6.50. The van der Waals surface area contributed by atoms with E-state index in [-0.39, 0.29) is 17.0 Å². The minimum absolute atomic E-state index is 0.0552. The Hall–Kier alpha value is -1.91. The number of halogens is 1. The lowest BCUT2D eigenvalue weighted by molar-refractivity contribution is -0.124. The SMILES string of the molecule is Cc1cccc(C(=O)NC(C)C(=O)NC(C)(C)C)c1F. The molecule has 0 aliphatic carbocycles. The number of hydrogen-bond acceptors (Lipinski definition) is 2. The maximum atomic E-state index is 13.8. The van der Waals surface area contributed by atoms with Crippen LogP contribution in [0.1, 0.15) is 43.6 Å². The maximum absolute atomic E-state index is 13.8. The molecule has 0 aliphatic rings. The number of amides is 2. The Balaban J connectivity index is 2.76. The topological polar surface area (TPSA) is 58.2 Å². The van der Waals surface area contributed by atoms with Crippen LogP contribution >= 0.6 is 0 Å². The first kappa shape index (κ1) is 16.1. The van der Waals surface area contributed by atoms with E-state index in [0.717, 1.165) is 0 Å². The van der Waals surface area contributed by atoms with Gasteiger partial charge in [0.15, 0.2) is 0 Å². The molecule has 0 fully saturated rings. The monoisotopic (exact) mass is 280 g/mol. The third-order valence-corrected chi connectivity index (χ3v) is 2.68. The van der Waals surface area contributed by atoms with Crippen molar-refractivity contribution in [2.45, 2.75) is 46.2 Å². The van der Waals surface area contributed by atoms with Crippen molar-refractivity contribution < 1.29 is 14.0 Å². The minimum Gasteiger partial charge on any atom is -0.350 e. The molecule has 1 aromatic carbocycles. The van der Waals surface area contributed by atoms with Crippen molar-refractivity contribution in [1.29, 1.82) is 0 Å². The molecule has 0 saturated heterocycles. The first-order valence-electron chi connectivity index (χ1n) is 6.50. The molecule has 1 rings (SSSR count). The van der Waals surface area contributed by atoms with Crippen LogP contribution in [0.4, 0.5) is 4.39 Å². The summed E-state index contributed by atoms with van der Waals surface area (Å²) in [6.45, 7) is 8.69. The van der Waals surface area contributed by atoms with Gasteiger partial charge in [0.25, 0.3) is 5.91 Å². The number of carbonyl (C=O) groups excluding carboxylic acids is 2. The van der Waals surface area contributed by atoms with Gasteiger partial charge in [0, 0.05) is 5.54 Å². The van der Waals surface area contributed by atoms with Crippen LogP contribution in [0.5, 0.6) is 0 Å². The molecule has 0 saturated carbocycles. The lowest BCUT2D eigenvalue weighted by Crippen LogP contribution is -2.50. The fourth-order valence-corrected chi connectivity index (χ4v) is 1.64. The molecule has 5 heteroatoms. The fourth-order valence-electron chi connectivity index (χ4n) is 1.64. The van der Waals surface area contributed by atoms with Gasteiger partial charge in [-0.05, 0) is 46.2 Å². The number of carbonyl (C=O) groups is 2. The zero-order valence-electron chi connectivity index (χ0n) is 12.5. The molecule has 2 N–H and O–H groups in total. The van der Waals surface area contributed by atoms with Gasteiger partial charge in [0.05, 0.1) is 5.56 Å². The van der Waals surface area contributed by atoms with Crippen LogP contribution < -0.4 is 10.6 Å². The van der Waals surface area contributed by atoms with E-state index in [2.05, 4.69) is 10.6 Å². The van der Waals surface area contributed by atoms with Gasteiger partial charge in [-0.1, -0.05) is 12.1 Å². The molecule has 1 unspecified atom stereocenters. The highest BCUT2D eigenvalue weighted by atomic mass is 19.1. The number of aryl methyl sites for hydroxylation is 1. The highest BCUT2D eigenvalue weighted by Gasteiger charge is 2.22. The molecule has 0 spiro atoms. The molecule has 20 heavy (non-hydrogen) atoms. The largest absolute Gasteiger partial charge is 0.350 e. The summed E-state index contributed by atoms with van der Waals surface area (Å²) in [7, 11) is 0. The second-order valence-corrected chi connectivity index (χ2v) is 5.87. The van der Waals surface area contributed by atoms with E-state index in [9.17, 15) is 14.0 Å². The highest BCUT2D eigenvalue weighted by Crippen LogP contribution is 2.12. The summed E-state index contributed by atoms with van der Waals surface area (Å²) in [6.07, 6.45) is 0. The van der Waals surface area contributed by atoms with E-state index in [0.29, 0.717) is 5.56 Å². The molecule has 110 valence electrons.